The van der Waals surface area contributed by atoms with Gasteiger partial charge in [-0.25, -0.2) is 18.2 Å². The lowest BCUT2D eigenvalue weighted by molar-refractivity contribution is 0.194. The van der Waals surface area contributed by atoms with Crippen LogP contribution in [0.3, 0.4) is 0 Å². The van der Waals surface area contributed by atoms with Crippen molar-refractivity contribution in [1.29, 1.82) is 0 Å². The summed E-state index contributed by atoms with van der Waals surface area (Å²) < 4.78 is 40.3. The first kappa shape index (κ1) is 15.8. The normalized spacial score (nSPS) is 20.4. The van der Waals surface area contributed by atoms with Gasteiger partial charge < -0.3 is 10.0 Å². The van der Waals surface area contributed by atoms with Crippen molar-refractivity contribution in [3.8, 4) is 0 Å². The lowest BCUT2D eigenvalue weighted by Crippen LogP contribution is -2.25. The van der Waals surface area contributed by atoms with Gasteiger partial charge in [0.15, 0.2) is 11.6 Å². The third-order valence-electron chi connectivity index (χ3n) is 4.38. The van der Waals surface area contributed by atoms with E-state index in [1.807, 2.05) is 0 Å². The van der Waals surface area contributed by atoms with Crippen molar-refractivity contribution in [3.05, 3.63) is 65.6 Å². The summed E-state index contributed by atoms with van der Waals surface area (Å²) in [5.41, 5.74) is 1.17. The minimum absolute atomic E-state index is 0.218. The van der Waals surface area contributed by atoms with Crippen molar-refractivity contribution in [2.75, 3.05) is 11.4 Å². The summed E-state index contributed by atoms with van der Waals surface area (Å²) in [4.78, 5) is 10.3. The van der Waals surface area contributed by atoms with E-state index in [4.69, 9.17) is 0 Å². The summed E-state index contributed by atoms with van der Waals surface area (Å²) in [5, 5.41) is 10.1. The summed E-state index contributed by atoms with van der Waals surface area (Å²) in [6.07, 6.45) is 1.26. The van der Waals surface area contributed by atoms with Gasteiger partial charge >= 0.3 is 0 Å². The Kier molecular flexibility index (Phi) is 3.80. The second-order valence-corrected chi connectivity index (χ2v) is 6.10. The number of hydrogen-bond donors (Lipinski definition) is 1. The average molecular weight is 345 g/mol. The molecule has 4 rings (SSSR count). The number of benzene rings is 2. The van der Waals surface area contributed by atoms with E-state index in [0.29, 0.717) is 24.3 Å². The number of hydrogen-bond acceptors (Lipinski definition) is 4. The Morgan fingerprint density at radius 3 is 2.56 bits per heavy atom. The molecule has 128 valence electrons. The molecule has 25 heavy (non-hydrogen) atoms. The number of rotatable bonds is 2. The Hall–Kier alpha value is -2.67. The second-order valence-electron chi connectivity index (χ2n) is 6.10. The van der Waals surface area contributed by atoms with Crippen LogP contribution in [0.4, 0.5) is 19.0 Å². The van der Waals surface area contributed by atoms with Crippen LogP contribution in [-0.2, 0) is 0 Å². The molecule has 1 saturated heterocycles. The fourth-order valence-electron chi connectivity index (χ4n) is 3.23. The highest BCUT2D eigenvalue weighted by atomic mass is 19.2. The van der Waals surface area contributed by atoms with Crippen LogP contribution in [-0.4, -0.2) is 27.7 Å². The molecule has 1 fully saturated rings. The summed E-state index contributed by atoms with van der Waals surface area (Å²) >= 11 is 0. The Morgan fingerprint density at radius 1 is 1.04 bits per heavy atom. The summed E-state index contributed by atoms with van der Waals surface area (Å²) in [5.74, 6) is -1.92. The number of anilines is 1. The third-order valence-corrected chi connectivity index (χ3v) is 4.38. The van der Waals surface area contributed by atoms with Crippen LogP contribution in [0.5, 0.6) is 0 Å². The predicted molar refractivity (Wildman–Crippen MR) is 86.6 cm³/mol. The Morgan fingerprint density at radius 2 is 1.80 bits per heavy atom. The van der Waals surface area contributed by atoms with Gasteiger partial charge in [-0.1, -0.05) is 12.1 Å². The van der Waals surface area contributed by atoms with Crippen molar-refractivity contribution in [2.24, 2.45) is 0 Å². The molecule has 2 aromatic carbocycles. The van der Waals surface area contributed by atoms with E-state index in [0.717, 1.165) is 12.1 Å². The first-order valence-electron chi connectivity index (χ1n) is 7.83. The topological polar surface area (TPSA) is 49.2 Å². The van der Waals surface area contributed by atoms with Crippen molar-refractivity contribution in [1.82, 2.24) is 9.97 Å². The number of fused-ring (bicyclic) bond motifs is 1. The van der Waals surface area contributed by atoms with Gasteiger partial charge in [0.2, 0.25) is 0 Å². The molecule has 0 bridgehead atoms. The predicted octanol–water partition coefficient (Wildman–Crippen LogP) is 3.36. The Bertz CT molecular complexity index is 950. The largest absolute Gasteiger partial charge is 0.391 e. The van der Waals surface area contributed by atoms with Crippen LogP contribution in [0.1, 0.15) is 18.0 Å². The van der Waals surface area contributed by atoms with Crippen LogP contribution >= 0.6 is 0 Å². The van der Waals surface area contributed by atoms with Crippen LogP contribution in [0.2, 0.25) is 0 Å². The van der Waals surface area contributed by atoms with Crippen LogP contribution in [0.15, 0.2) is 42.6 Å². The minimum atomic E-state index is -0.998. The molecular formula is C18H14F3N3O. The maximum absolute atomic E-state index is 13.6. The fourth-order valence-corrected chi connectivity index (χ4v) is 3.23. The van der Waals surface area contributed by atoms with Gasteiger partial charge in [0.25, 0.3) is 0 Å². The smallest absolute Gasteiger partial charge is 0.161 e. The van der Waals surface area contributed by atoms with Gasteiger partial charge in [-0.15, -0.1) is 0 Å². The summed E-state index contributed by atoms with van der Waals surface area (Å²) in [7, 11) is 0. The highest BCUT2D eigenvalue weighted by Gasteiger charge is 2.33. The molecule has 0 unspecified atom stereocenters. The molecule has 2 atom stereocenters. The van der Waals surface area contributed by atoms with E-state index in [1.165, 1.54) is 18.3 Å². The maximum Gasteiger partial charge on any atom is 0.161 e. The zero-order valence-electron chi connectivity index (χ0n) is 13.0. The van der Waals surface area contributed by atoms with Gasteiger partial charge in [0.05, 0.1) is 29.4 Å². The number of halogens is 3. The van der Waals surface area contributed by atoms with E-state index in [9.17, 15) is 18.3 Å². The van der Waals surface area contributed by atoms with Gasteiger partial charge in [-0.3, -0.25) is 4.98 Å². The van der Waals surface area contributed by atoms with Crippen LogP contribution < -0.4 is 4.90 Å². The second kappa shape index (κ2) is 6.00. The van der Waals surface area contributed by atoms with E-state index >= 15 is 0 Å². The number of aliphatic hydroxyl groups excluding tert-OH is 1. The molecular weight excluding hydrogens is 331 g/mol. The molecule has 2 heterocycles. The van der Waals surface area contributed by atoms with Gasteiger partial charge in [-0.2, -0.15) is 0 Å². The van der Waals surface area contributed by atoms with Crippen LogP contribution in [0.25, 0.3) is 11.0 Å². The maximum atomic E-state index is 13.6. The average Bonchev–Trinajstić information content (AvgIpc) is 2.97. The van der Waals surface area contributed by atoms with E-state index in [2.05, 4.69) is 9.97 Å². The molecule has 1 aliphatic heterocycles. The molecule has 4 nitrogen and oxygen atoms in total. The number of aliphatic hydroxyl groups is 1. The number of β-amino-alcohol motifs (C(OH)–C–C–N with tert-alkyl or cyclic N) is 1. The monoisotopic (exact) mass is 345 g/mol. The van der Waals surface area contributed by atoms with Crippen molar-refractivity contribution >= 4 is 16.9 Å². The molecule has 0 amide bonds. The first-order valence-corrected chi connectivity index (χ1v) is 7.83. The number of aromatic nitrogens is 2. The SMILES string of the molecule is O[C@@H]1C[C@@H](c2cccc(F)c2)N(c2cnc3cc(F)c(F)cc3n2)C1. The third kappa shape index (κ3) is 2.91. The molecule has 0 spiro atoms. The molecule has 3 aromatic rings. The highest BCUT2D eigenvalue weighted by molar-refractivity contribution is 5.76. The minimum Gasteiger partial charge on any atom is -0.391 e. The fraction of sp³-hybridized carbons (Fsp3) is 0.222. The van der Waals surface area contributed by atoms with Gasteiger partial charge in [0.1, 0.15) is 11.6 Å². The molecule has 1 aliphatic rings. The lowest BCUT2D eigenvalue weighted by Gasteiger charge is -2.25. The molecule has 1 N–H and O–H groups in total. The Balaban J connectivity index is 1.76. The zero-order valence-corrected chi connectivity index (χ0v) is 13.0. The summed E-state index contributed by atoms with van der Waals surface area (Å²) in [6, 6.07) is 7.86. The molecule has 0 saturated carbocycles. The Labute approximate surface area is 141 Å². The van der Waals surface area contributed by atoms with E-state index < -0.39 is 17.7 Å². The van der Waals surface area contributed by atoms with Crippen molar-refractivity contribution in [2.45, 2.75) is 18.6 Å². The zero-order chi connectivity index (χ0) is 17.6. The van der Waals surface area contributed by atoms with Crippen molar-refractivity contribution in [3.63, 3.8) is 0 Å². The molecule has 0 radical (unpaired) electrons. The molecule has 1 aromatic heterocycles. The summed E-state index contributed by atoms with van der Waals surface area (Å²) in [6.45, 7) is 0.297. The van der Waals surface area contributed by atoms with E-state index in [-0.39, 0.29) is 22.9 Å². The van der Waals surface area contributed by atoms with Gasteiger partial charge in [0, 0.05) is 18.7 Å². The van der Waals surface area contributed by atoms with E-state index in [1.54, 1.807) is 17.0 Å². The van der Waals surface area contributed by atoms with Gasteiger partial charge in [-0.05, 0) is 24.1 Å². The molecule has 0 aliphatic carbocycles. The quantitative estimate of drug-likeness (QED) is 0.774. The lowest BCUT2D eigenvalue weighted by atomic mass is 10.0. The standard InChI is InChI=1S/C18H14F3N3O/c19-11-3-1-2-10(4-11)17-5-12(25)9-24(17)18-8-22-15-6-13(20)14(21)7-16(15)23-18/h1-4,6-8,12,17,25H,5,9H2/t12-,17+/m1/s1. The van der Waals surface area contributed by atoms with Crippen molar-refractivity contribution < 1.29 is 18.3 Å². The van der Waals surface area contributed by atoms with Crippen LogP contribution in [0, 0.1) is 17.5 Å². The first-order chi connectivity index (χ1) is 12.0. The number of nitrogens with zero attached hydrogens (tertiary/aromatic N) is 3. The molecule has 7 heteroatoms. The highest BCUT2D eigenvalue weighted by Crippen LogP contribution is 2.36.